The maximum Gasteiger partial charge on any atom is 0.433 e. The van der Waals surface area contributed by atoms with E-state index in [0.717, 1.165) is 12.8 Å². The molecule has 7 heteroatoms. The molecule has 132 valence electrons. The number of alkyl halides is 3. The minimum atomic E-state index is -4.51. The molecule has 24 heavy (non-hydrogen) atoms. The fourth-order valence-corrected chi connectivity index (χ4v) is 3.83. The number of hydrogen-bond donors (Lipinski definition) is 0. The molecular formula is C17H22F3N3O. The first-order chi connectivity index (χ1) is 11.3. The number of likely N-dealkylation sites (tertiary alicyclic amines) is 1. The lowest BCUT2D eigenvalue weighted by molar-refractivity contribution is -0.143. The van der Waals surface area contributed by atoms with Gasteiger partial charge in [-0.2, -0.15) is 13.2 Å². The number of hydrogen-bond acceptors (Lipinski definition) is 3. The number of amides is 1. The van der Waals surface area contributed by atoms with E-state index in [0.29, 0.717) is 37.5 Å². The fraction of sp³-hybridized carbons (Fsp3) is 0.706. The molecule has 0 spiro atoms. The predicted molar refractivity (Wildman–Crippen MR) is 82.3 cm³/mol. The van der Waals surface area contributed by atoms with E-state index in [4.69, 9.17) is 0 Å². The number of fused-ring (bicyclic) bond motifs is 1. The van der Waals surface area contributed by atoms with Crippen molar-refractivity contribution in [1.82, 2.24) is 14.9 Å². The quantitative estimate of drug-likeness (QED) is 0.788. The van der Waals surface area contributed by atoms with E-state index >= 15 is 0 Å². The Morgan fingerprint density at radius 1 is 1.25 bits per heavy atom. The van der Waals surface area contributed by atoms with E-state index < -0.39 is 17.8 Å². The molecular weight excluding hydrogens is 319 g/mol. The summed E-state index contributed by atoms with van der Waals surface area (Å²) < 4.78 is 39.9. The summed E-state index contributed by atoms with van der Waals surface area (Å²) in [5, 5.41) is 0. The van der Waals surface area contributed by atoms with Crippen molar-refractivity contribution >= 4 is 5.91 Å². The fourth-order valence-electron chi connectivity index (χ4n) is 3.83. The van der Waals surface area contributed by atoms with Gasteiger partial charge in [0.2, 0.25) is 5.91 Å². The molecule has 1 saturated heterocycles. The van der Waals surface area contributed by atoms with Crippen molar-refractivity contribution in [1.29, 1.82) is 0 Å². The van der Waals surface area contributed by atoms with Crippen LogP contribution >= 0.6 is 0 Å². The third-order valence-corrected chi connectivity index (χ3v) is 4.97. The van der Waals surface area contributed by atoms with Gasteiger partial charge < -0.3 is 4.90 Å². The molecule has 0 saturated carbocycles. The predicted octanol–water partition coefficient (Wildman–Crippen LogP) is 3.17. The molecule has 1 amide bonds. The van der Waals surface area contributed by atoms with Crippen LogP contribution in [-0.2, 0) is 23.8 Å². The van der Waals surface area contributed by atoms with Crippen LogP contribution in [0, 0.1) is 18.8 Å². The highest BCUT2D eigenvalue weighted by Gasteiger charge is 2.40. The Balaban J connectivity index is 1.84. The van der Waals surface area contributed by atoms with Crippen molar-refractivity contribution in [3.63, 3.8) is 0 Å². The number of carbonyl (C=O) groups is 1. The van der Waals surface area contributed by atoms with Crippen LogP contribution in [0.25, 0.3) is 0 Å². The Bertz CT molecular complexity index is 645. The normalized spacial score (nSPS) is 24.6. The van der Waals surface area contributed by atoms with Gasteiger partial charge >= 0.3 is 6.18 Å². The third-order valence-electron chi connectivity index (χ3n) is 4.97. The van der Waals surface area contributed by atoms with Gasteiger partial charge in [-0.3, -0.25) is 4.79 Å². The van der Waals surface area contributed by atoms with Crippen LogP contribution in [0.15, 0.2) is 0 Å². The number of aromatic nitrogens is 2. The molecule has 0 N–H and O–H groups in total. The smallest absolute Gasteiger partial charge is 0.342 e. The van der Waals surface area contributed by atoms with Crippen LogP contribution in [-0.4, -0.2) is 33.9 Å². The highest BCUT2D eigenvalue weighted by atomic mass is 19.4. The zero-order chi connectivity index (χ0) is 17.5. The van der Waals surface area contributed by atoms with Gasteiger partial charge in [-0.05, 0) is 44.9 Å². The Morgan fingerprint density at radius 2 is 2.00 bits per heavy atom. The first-order valence-corrected chi connectivity index (χ1v) is 8.48. The topological polar surface area (TPSA) is 46.1 Å². The van der Waals surface area contributed by atoms with Gasteiger partial charge in [-0.15, -0.1) is 0 Å². The zero-order valence-electron chi connectivity index (χ0n) is 14.0. The van der Waals surface area contributed by atoms with Crippen molar-refractivity contribution < 1.29 is 18.0 Å². The highest BCUT2D eigenvalue weighted by molar-refractivity contribution is 5.79. The number of carbonyl (C=O) groups excluding carboxylic acids is 1. The molecule has 0 unspecified atom stereocenters. The summed E-state index contributed by atoms with van der Waals surface area (Å²) in [6, 6.07) is 0. The average Bonchev–Trinajstić information content (AvgIpc) is 2.52. The average molecular weight is 341 g/mol. The molecule has 1 aliphatic heterocycles. The van der Waals surface area contributed by atoms with Gasteiger partial charge in [-0.25, -0.2) is 9.97 Å². The zero-order valence-corrected chi connectivity index (χ0v) is 14.0. The molecule has 2 aliphatic rings. The highest BCUT2D eigenvalue weighted by Crippen LogP contribution is 2.36. The minimum absolute atomic E-state index is 0.0131. The molecule has 2 heterocycles. The maximum absolute atomic E-state index is 13.3. The van der Waals surface area contributed by atoms with E-state index in [1.54, 1.807) is 0 Å². The molecule has 1 aliphatic carbocycles. The van der Waals surface area contributed by atoms with Crippen molar-refractivity contribution in [3.05, 3.63) is 22.8 Å². The second kappa shape index (κ2) is 6.33. The lowest BCUT2D eigenvalue weighted by Gasteiger charge is -2.35. The number of aryl methyl sites for hydroxylation is 2. The molecule has 1 aromatic heterocycles. The van der Waals surface area contributed by atoms with E-state index in [2.05, 4.69) is 16.9 Å². The van der Waals surface area contributed by atoms with Gasteiger partial charge in [0.1, 0.15) is 5.82 Å². The van der Waals surface area contributed by atoms with Gasteiger partial charge in [0.15, 0.2) is 5.69 Å². The van der Waals surface area contributed by atoms with Crippen molar-refractivity contribution in [3.8, 4) is 0 Å². The summed E-state index contributed by atoms with van der Waals surface area (Å²) in [5.41, 5.74) is -0.303. The summed E-state index contributed by atoms with van der Waals surface area (Å²) in [7, 11) is 0. The summed E-state index contributed by atoms with van der Waals surface area (Å²) in [6.45, 7) is 5.00. The Hall–Kier alpha value is -1.66. The van der Waals surface area contributed by atoms with Crippen LogP contribution in [0.4, 0.5) is 13.2 Å². The summed E-state index contributed by atoms with van der Waals surface area (Å²) in [4.78, 5) is 22.4. The third kappa shape index (κ3) is 3.39. The Morgan fingerprint density at radius 3 is 2.67 bits per heavy atom. The van der Waals surface area contributed by atoms with Gasteiger partial charge in [-0.1, -0.05) is 6.92 Å². The molecule has 1 aromatic rings. The number of nitrogens with zero attached hydrogens (tertiary/aromatic N) is 3. The minimum Gasteiger partial charge on any atom is -0.342 e. The van der Waals surface area contributed by atoms with Crippen LogP contribution in [0.1, 0.15) is 49.0 Å². The SMILES string of the molecule is Cc1nc2c(c(C(F)(F)F)n1)C[C@@H](C(=O)N1CCC[C@@H](C)C1)CC2. The van der Waals surface area contributed by atoms with Crippen LogP contribution in [0.2, 0.25) is 0 Å². The van der Waals surface area contributed by atoms with Crippen LogP contribution in [0.5, 0.6) is 0 Å². The van der Waals surface area contributed by atoms with Crippen LogP contribution < -0.4 is 0 Å². The molecule has 3 rings (SSSR count). The van der Waals surface area contributed by atoms with E-state index in [-0.39, 0.29) is 23.7 Å². The Kier molecular flexibility index (Phi) is 4.53. The number of halogens is 3. The molecule has 1 fully saturated rings. The Labute approximate surface area is 139 Å². The molecule has 0 aromatic carbocycles. The molecule has 0 radical (unpaired) electrons. The van der Waals surface area contributed by atoms with Gasteiger partial charge in [0, 0.05) is 30.3 Å². The molecule has 4 nitrogen and oxygen atoms in total. The first kappa shape index (κ1) is 17.2. The van der Waals surface area contributed by atoms with Gasteiger partial charge in [0.05, 0.1) is 0 Å². The summed E-state index contributed by atoms with van der Waals surface area (Å²) in [6.07, 6.45) is -1.39. The second-order valence-electron chi connectivity index (χ2n) is 7.01. The lowest BCUT2D eigenvalue weighted by Crippen LogP contribution is -2.44. The first-order valence-electron chi connectivity index (χ1n) is 8.48. The summed E-state index contributed by atoms with van der Waals surface area (Å²) >= 11 is 0. The maximum atomic E-state index is 13.3. The lowest BCUT2D eigenvalue weighted by atomic mass is 9.84. The number of piperidine rings is 1. The van der Waals surface area contributed by atoms with E-state index in [9.17, 15) is 18.0 Å². The molecule has 0 bridgehead atoms. The van der Waals surface area contributed by atoms with Crippen molar-refractivity contribution in [2.75, 3.05) is 13.1 Å². The van der Waals surface area contributed by atoms with Crippen molar-refractivity contribution in [2.45, 2.75) is 52.1 Å². The monoisotopic (exact) mass is 341 g/mol. The largest absolute Gasteiger partial charge is 0.433 e. The summed E-state index contributed by atoms with van der Waals surface area (Å²) in [5.74, 6) is 0.183. The van der Waals surface area contributed by atoms with E-state index in [1.165, 1.54) is 6.92 Å². The standard InChI is InChI=1S/C17H22F3N3O/c1-10-4-3-7-23(9-10)16(24)12-5-6-14-13(8-12)15(17(18,19)20)22-11(2)21-14/h10,12H,3-9H2,1-2H3/t10-,12+/m1/s1. The molecule has 2 atom stereocenters. The van der Waals surface area contributed by atoms with Gasteiger partial charge in [0.25, 0.3) is 0 Å². The van der Waals surface area contributed by atoms with Crippen LogP contribution in [0.3, 0.4) is 0 Å². The second-order valence-corrected chi connectivity index (χ2v) is 7.01. The number of rotatable bonds is 1. The van der Waals surface area contributed by atoms with Crippen molar-refractivity contribution in [2.24, 2.45) is 11.8 Å². The van der Waals surface area contributed by atoms with E-state index in [1.807, 2.05) is 4.90 Å².